The Balaban J connectivity index is 2.81. The van der Waals surface area contributed by atoms with Crippen molar-refractivity contribution in [2.45, 2.75) is 39.7 Å². The third-order valence-corrected chi connectivity index (χ3v) is 3.15. The number of methoxy groups -OCH3 is 1. The van der Waals surface area contributed by atoms with E-state index in [0.29, 0.717) is 30.2 Å². The molecule has 0 bridgehead atoms. The summed E-state index contributed by atoms with van der Waals surface area (Å²) < 4.78 is 5.01. The number of hydrogen-bond acceptors (Lipinski definition) is 3. The Morgan fingerprint density at radius 3 is 2.62 bits per heavy atom. The SMILES string of the molecule is CCCC(C)CC(=O)Nc1cc(COC)cc(C(=O)O)c1. The zero-order valence-electron chi connectivity index (χ0n) is 12.8. The number of carbonyl (C=O) groups excluding carboxylic acids is 1. The summed E-state index contributed by atoms with van der Waals surface area (Å²) in [7, 11) is 1.54. The molecule has 1 aromatic carbocycles. The van der Waals surface area contributed by atoms with Gasteiger partial charge in [-0.05, 0) is 29.7 Å². The summed E-state index contributed by atoms with van der Waals surface area (Å²) in [4.78, 5) is 23.1. The molecule has 1 unspecified atom stereocenters. The number of ether oxygens (including phenoxy) is 1. The molecule has 1 amide bonds. The topological polar surface area (TPSA) is 75.6 Å². The molecule has 0 saturated carbocycles. The molecule has 0 aliphatic carbocycles. The Hall–Kier alpha value is -1.88. The lowest BCUT2D eigenvalue weighted by Crippen LogP contribution is -2.15. The van der Waals surface area contributed by atoms with Crippen molar-refractivity contribution in [2.24, 2.45) is 5.92 Å². The molecule has 0 spiro atoms. The van der Waals surface area contributed by atoms with Crippen LogP contribution < -0.4 is 5.32 Å². The number of rotatable bonds is 8. The fourth-order valence-electron chi connectivity index (χ4n) is 2.26. The minimum atomic E-state index is -1.03. The highest BCUT2D eigenvalue weighted by Crippen LogP contribution is 2.18. The van der Waals surface area contributed by atoms with E-state index in [4.69, 9.17) is 9.84 Å². The van der Waals surface area contributed by atoms with E-state index in [0.717, 1.165) is 12.8 Å². The standard InChI is InChI=1S/C16H23NO4/c1-4-5-11(2)6-15(18)17-14-8-12(10-21-3)7-13(9-14)16(19)20/h7-9,11H,4-6,10H2,1-3H3,(H,17,18)(H,19,20). The van der Waals surface area contributed by atoms with Gasteiger partial charge in [-0.3, -0.25) is 4.79 Å². The summed E-state index contributed by atoms with van der Waals surface area (Å²) in [5.74, 6) is -0.805. The molecule has 0 aliphatic heterocycles. The predicted molar refractivity (Wildman–Crippen MR) is 81.4 cm³/mol. The van der Waals surface area contributed by atoms with Gasteiger partial charge >= 0.3 is 5.97 Å². The van der Waals surface area contributed by atoms with Crippen molar-refractivity contribution in [2.75, 3.05) is 12.4 Å². The number of hydrogen-bond donors (Lipinski definition) is 2. The molecule has 116 valence electrons. The summed E-state index contributed by atoms with van der Waals surface area (Å²) in [6.45, 7) is 4.42. The minimum absolute atomic E-state index is 0.0955. The van der Waals surface area contributed by atoms with Gasteiger partial charge in [-0.1, -0.05) is 26.7 Å². The molecule has 1 rings (SSSR count). The zero-order chi connectivity index (χ0) is 15.8. The van der Waals surface area contributed by atoms with Crippen LogP contribution >= 0.6 is 0 Å². The summed E-state index contributed by atoms with van der Waals surface area (Å²) in [6.07, 6.45) is 2.48. The fraction of sp³-hybridized carbons (Fsp3) is 0.500. The molecule has 0 saturated heterocycles. The van der Waals surface area contributed by atoms with Crippen LogP contribution in [0, 0.1) is 5.92 Å². The van der Waals surface area contributed by atoms with Gasteiger partial charge in [-0.15, -0.1) is 0 Å². The summed E-state index contributed by atoms with van der Waals surface area (Å²) in [6, 6.07) is 4.74. The summed E-state index contributed by atoms with van der Waals surface area (Å²) in [5.41, 5.74) is 1.35. The molecule has 0 heterocycles. The second kappa shape index (κ2) is 8.42. The Bertz CT molecular complexity index is 499. The van der Waals surface area contributed by atoms with Crippen molar-refractivity contribution in [1.82, 2.24) is 0 Å². The fourth-order valence-corrected chi connectivity index (χ4v) is 2.26. The largest absolute Gasteiger partial charge is 0.478 e. The van der Waals surface area contributed by atoms with Gasteiger partial charge in [0.25, 0.3) is 0 Å². The Labute approximate surface area is 125 Å². The highest BCUT2D eigenvalue weighted by atomic mass is 16.5. The first-order chi connectivity index (χ1) is 9.96. The first-order valence-corrected chi connectivity index (χ1v) is 7.12. The molecule has 1 aromatic rings. The second-order valence-electron chi connectivity index (χ2n) is 5.30. The predicted octanol–water partition coefficient (Wildman–Crippen LogP) is 3.30. The summed E-state index contributed by atoms with van der Waals surface area (Å²) in [5, 5.41) is 11.9. The molecule has 2 N–H and O–H groups in total. The molecular formula is C16H23NO4. The maximum Gasteiger partial charge on any atom is 0.335 e. The molecular weight excluding hydrogens is 270 g/mol. The summed E-state index contributed by atoms with van der Waals surface area (Å²) >= 11 is 0. The average molecular weight is 293 g/mol. The molecule has 1 atom stereocenters. The first kappa shape index (κ1) is 17.2. The first-order valence-electron chi connectivity index (χ1n) is 7.12. The quantitative estimate of drug-likeness (QED) is 0.771. The van der Waals surface area contributed by atoms with Crippen molar-refractivity contribution >= 4 is 17.6 Å². The maximum atomic E-state index is 12.0. The monoisotopic (exact) mass is 293 g/mol. The Morgan fingerprint density at radius 2 is 2.05 bits per heavy atom. The second-order valence-corrected chi connectivity index (χ2v) is 5.30. The molecule has 0 fully saturated rings. The van der Waals surface area contributed by atoms with Crippen LogP contribution in [0.5, 0.6) is 0 Å². The molecule has 5 heteroatoms. The Kier molecular flexibility index (Phi) is 6.88. The van der Waals surface area contributed by atoms with Crippen LogP contribution in [0.15, 0.2) is 18.2 Å². The van der Waals surface area contributed by atoms with Crippen LogP contribution in [0.25, 0.3) is 0 Å². The van der Waals surface area contributed by atoms with Gasteiger partial charge < -0.3 is 15.2 Å². The third kappa shape index (κ3) is 5.95. The zero-order valence-corrected chi connectivity index (χ0v) is 12.8. The lowest BCUT2D eigenvalue weighted by Gasteiger charge is -2.12. The van der Waals surface area contributed by atoms with Crippen molar-refractivity contribution in [3.63, 3.8) is 0 Å². The van der Waals surface area contributed by atoms with Crippen molar-refractivity contribution in [1.29, 1.82) is 0 Å². The van der Waals surface area contributed by atoms with Crippen molar-refractivity contribution in [3.8, 4) is 0 Å². The number of carboxylic acid groups (broad SMARTS) is 1. The number of nitrogens with one attached hydrogen (secondary N) is 1. The van der Waals surface area contributed by atoms with Gasteiger partial charge in [0.2, 0.25) is 5.91 Å². The number of carbonyl (C=O) groups is 2. The van der Waals surface area contributed by atoms with E-state index in [9.17, 15) is 9.59 Å². The number of aromatic carboxylic acids is 1. The van der Waals surface area contributed by atoms with Crippen LogP contribution in [0.4, 0.5) is 5.69 Å². The number of amides is 1. The van der Waals surface area contributed by atoms with E-state index < -0.39 is 5.97 Å². The van der Waals surface area contributed by atoms with Crippen LogP contribution in [-0.2, 0) is 16.1 Å². The number of anilines is 1. The van der Waals surface area contributed by atoms with E-state index in [1.165, 1.54) is 13.2 Å². The van der Waals surface area contributed by atoms with Gasteiger partial charge in [0.15, 0.2) is 0 Å². The smallest absolute Gasteiger partial charge is 0.335 e. The van der Waals surface area contributed by atoms with Crippen LogP contribution in [0.2, 0.25) is 0 Å². The van der Waals surface area contributed by atoms with Crippen LogP contribution in [0.1, 0.15) is 49.0 Å². The lowest BCUT2D eigenvalue weighted by molar-refractivity contribution is -0.117. The average Bonchev–Trinajstić information content (AvgIpc) is 2.38. The highest BCUT2D eigenvalue weighted by molar-refractivity contribution is 5.94. The van der Waals surface area contributed by atoms with E-state index in [1.807, 2.05) is 6.92 Å². The molecule has 21 heavy (non-hydrogen) atoms. The van der Waals surface area contributed by atoms with Crippen molar-refractivity contribution in [3.05, 3.63) is 29.3 Å². The highest BCUT2D eigenvalue weighted by Gasteiger charge is 2.11. The van der Waals surface area contributed by atoms with Crippen LogP contribution in [0.3, 0.4) is 0 Å². The van der Waals surface area contributed by atoms with Gasteiger partial charge in [0.05, 0.1) is 12.2 Å². The number of benzene rings is 1. The molecule has 5 nitrogen and oxygen atoms in total. The van der Waals surface area contributed by atoms with E-state index in [2.05, 4.69) is 12.2 Å². The van der Waals surface area contributed by atoms with Gasteiger partial charge in [0.1, 0.15) is 0 Å². The Morgan fingerprint density at radius 1 is 1.33 bits per heavy atom. The van der Waals surface area contributed by atoms with Gasteiger partial charge in [0, 0.05) is 19.2 Å². The third-order valence-electron chi connectivity index (χ3n) is 3.15. The minimum Gasteiger partial charge on any atom is -0.478 e. The molecule has 0 aromatic heterocycles. The molecule has 0 radical (unpaired) electrons. The van der Waals surface area contributed by atoms with Gasteiger partial charge in [-0.25, -0.2) is 4.79 Å². The van der Waals surface area contributed by atoms with E-state index in [-0.39, 0.29) is 11.5 Å². The van der Waals surface area contributed by atoms with Crippen molar-refractivity contribution < 1.29 is 19.4 Å². The van der Waals surface area contributed by atoms with Crippen LogP contribution in [-0.4, -0.2) is 24.1 Å². The molecule has 0 aliphatic rings. The number of carboxylic acids is 1. The maximum absolute atomic E-state index is 12.0. The van der Waals surface area contributed by atoms with E-state index in [1.54, 1.807) is 12.1 Å². The van der Waals surface area contributed by atoms with Gasteiger partial charge in [-0.2, -0.15) is 0 Å². The van der Waals surface area contributed by atoms with E-state index >= 15 is 0 Å². The normalized spacial score (nSPS) is 12.0. The lowest BCUT2D eigenvalue weighted by atomic mass is 10.0.